The van der Waals surface area contributed by atoms with Crippen LogP contribution in [0.15, 0.2) is 0 Å². The molecule has 0 aromatic carbocycles. The minimum Gasteiger partial charge on any atom is -0.481 e. The zero-order valence-electron chi connectivity index (χ0n) is 4.72. The maximum atomic E-state index is 9.87. The van der Waals surface area contributed by atoms with Crippen LogP contribution in [0.2, 0.25) is 0 Å². The summed E-state index contributed by atoms with van der Waals surface area (Å²) in [6.45, 7) is 1.70. The molecule has 1 atom stereocenters. The van der Waals surface area contributed by atoms with Gasteiger partial charge in [0, 0.05) is 6.04 Å². The lowest BCUT2D eigenvalue weighted by atomic mass is 10.2. The zero-order chi connectivity index (χ0) is 6.57. The first-order valence-electron chi connectivity index (χ1n) is 2.34. The molecule has 8 heavy (non-hydrogen) atoms. The molecule has 0 heterocycles. The van der Waals surface area contributed by atoms with Crippen molar-refractivity contribution in [3.05, 3.63) is 0 Å². The first-order chi connectivity index (χ1) is 3.66. The molecule has 0 aliphatic rings. The minimum atomic E-state index is -0.838. The molecule has 0 bridgehead atoms. The van der Waals surface area contributed by atoms with E-state index in [1.807, 2.05) is 0 Å². The van der Waals surface area contributed by atoms with Gasteiger partial charge in [-0.05, 0) is 6.92 Å². The molecule has 4 nitrogen and oxygen atoms in total. The van der Waals surface area contributed by atoms with E-state index in [0.29, 0.717) is 0 Å². The number of carbonyl (C=O) groups is 1. The Morgan fingerprint density at radius 3 is 2.62 bits per heavy atom. The molecule has 0 fully saturated rings. The number of hydrogen-bond acceptors (Lipinski definition) is 3. The van der Waals surface area contributed by atoms with E-state index in [1.165, 1.54) is 0 Å². The molecule has 0 spiro atoms. The maximum Gasteiger partial charge on any atom is 0.304 e. The lowest BCUT2D eigenvalue weighted by Crippen LogP contribution is -2.34. The highest BCUT2D eigenvalue weighted by molar-refractivity contribution is 5.67. The fourth-order valence-electron chi connectivity index (χ4n) is 0.321. The summed E-state index contributed by atoms with van der Waals surface area (Å²) in [5.41, 5.74) is 2.32. The van der Waals surface area contributed by atoms with Crippen LogP contribution in [-0.4, -0.2) is 17.1 Å². The standard InChI is InChI=1S/C4H10N2O2/c1-3(6-5)2-4(7)8/h3,6H,2,5H2,1H3,(H,7,8)/t3-/m1/s1. The predicted molar refractivity (Wildman–Crippen MR) is 29.0 cm³/mol. The number of rotatable bonds is 3. The van der Waals surface area contributed by atoms with Crippen molar-refractivity contribution in [2.45, 2.75) is 19.4 Å². The van der Waals surface area contributed by atoms with Crippen molar-refractivity contribution in [2.75, 3.05) is 0 Å². The summed E-state index contributed by atoms with van der Waals surface area (Å²) in [7, 11) is 0. The third kappa shape index (κ3) is 3.58. The molecule has 0 aliphatic heterocycles. The molecular formula is C4H10N2O2. The second kappa shape index (κ2) is 3.40. The molecule has 0 radical (unpaired) electrons. The lowest BCUT2D eigenvalue weighted by Gasteiger charge is -2.03. The van der Waals surface area contributed by atoms with Gasteiger partial charge in [0.2, 0.25) is 0 Å². The Labute approximate surface area is 47.6 Å². The summed E-state index contributed by atoms with van der Waals surface area (Å²) in [5.74, 6) is 4.07. The van der Waals surface area contributed by atoms with E-state index < -0.39 is 5.97 Å². The maximum absolute atomic E-state index is 9.87. The minimum absolute atomic E-state index is 0.0660. The van der Waals surface area contributed by atoms with Gasteiger partial charge in [-0.2, -0.15) is 0 Å². The Kier molecular flexibility index (Phi) is 3.14. The Morgan fingerprint density at radius 2 is 2.50 bits per heavy atom. The third-order valence-corrected chi connectivity index (χ3v) is 0.765. The molecule has 0 saturated carbocycles. The monoisotopic (exact) mass is 118 g/mol. The van der Waals surface area contributed by atoms with Crippen LogP contribution in [-0.2, 0) is 4.79 Å². The second-order valence-electron chi connectivity index (χ2n) is 1.67. The third-order valence-electron chi connectivity index (χ3n) is 0.765. The van der Waals surface area contributed by atoms with Crippen molar-refractivity contribution in [3.8, 4) is 0 Å². The molecule has 0 rings (SSSR count). The van der Waals surface area contributed by atoms with Crippen LogP contribution < -0.4 is 11.3 Å². The van der Waals surface area contributed by atoms with Crippen molar-refractivity contribution in [3.63, 3.8) is 0 Å². The lowest BCUT2D eigenvalue weighted by molar-refractivity contribution is -0.137. The van der Waals surface area contributed by atoms with Crippen molar-refractivity contribution >= 4 is 5.97 Å². The van der Waals surface area contributed by atoms with Crippen LogP contribution in [0.4, 0.5) is 0 Å². The highest BCUT2D eigenvalue weighted by Gasteiger charge is 2.02. The molecule has 4 heteroatoms. The van der Waals surface area contributed by atoms with Gasteiger partial charge in [0.15, 0.2) is 0 Å². The zero-order valence-corrected chi connectivity index (χ0v) is 4.72. The summed E-state index contributed by atoms with van der Waals surface area (Å²) in [6, 6.07) is -0.146. The predicted octanol–water partition coefficient (Wildman–Crippen LogP) is -0.687. The largest absolute Gasteiger partial charge is 0.481 e. The number of nitrogens with two attached hydrogens (primary N) is 1. The second-order valence-corrected chi connectivity index (χ2v) is 1.67. The van der Waals surface area contributed by atoms with Gasteiger partial charge in [-0.25, -0.2) is 0 Å². The van der Waals surface area contributed by atoms with Crippen molar-refractivity contribution in [1.82, 2.24) is 5.43 Å². The normalized spacial score (nSPS) is 13.2. The number of carboxylic acids is 1. The number of carboxylic acid groups (broad SMARTS) is 1. The highest BCUT2D eigenvalue weighted by atomic mass is 16.4. The number of hydrazine groups is 1. The van der Waals surface area contributed by atoms with E-state index in [-0.39, 0.29) is 12.5 Å². The van der Waals surface area contributed by atoms with E-state index >= 15 is 0 Å². The Morgan fingerprint density at radius 1 is 2.00 bits per heavy atom. The molecular weight excluding hydrogens is 108 g/mol. The van der Waals surface area contributed by atoms with Gasteiger partial charge < -0.3 is 5.11 Å². The van der Waals surface area contributed by atoms with Crippen LogP contribution in [0.1, 0.15) is 13.3 Å². The average Bonchev–Trinajstić information content (AvgIpc) is 1.65. The molecule has 0 amide bonds. The van der Waals surface area contributed by atoms with Gasteiger partial charge in [0.25, 0.3) is 0 Å². The van der Waals surface area contributed by atoms with Gasteiger partial charge in [0.05, 0.1) is 6.42 Å². The van der Waals surface area contributed by atoms with Gasteiger partial charge in [-0.1, -0.05) is 0 Å². The van der Waals surface area contributed by atoms with E-state index in [0.717, 1.165) is 0 Å². The molecule has 0 aromatic rings. The van der Waals surface area contributed by atoms with E-state index in [2.05, 4.69) is 5.43 Å². The summed E-state index contributed by atoms with van der Waals surface area (Å²) in [5, 5.41) is 8.12. The average molecular weight is 118 g/mol. The Bertz CT molecular complexity index is 84.1. The van der Waals surface area contributed by atoms with E-state index in [1.54, 1.807) is 6.92 Å². The number of nitrogens with one attached hydrogen (secondary N) is 1. The summed E-state index contributed by atoms with van der Waals surface area (Å²) in [4.78, 5) is 9.87. The highest BCUT2D eigenvalue weighted by Crippen LogP contribution is 1.85. The molecule has 4 N–H and O–H groups in total. The van der Waals surface area contributed by atoms with Crippen LogP contribution >= 0.6 is 0 Å². The van der Waals surface area contributed by atoms with Crippen LogP contribution in [0, 0.1) is 0 Å². The molecule has 0 saturated heterocycles. The molecule has 48 valence electrons. The molecule has 0 aliphatic carbocycles. The van der Waals surface area contributed by atoms with E-state index in [4.69, 9.17) is 10.9 Å². The van der Waals surface area contributed by atoms with Crippen LogP contribution in [0.3, 0.4) is 0 Å². The van der Waals surface area contributed by atoms with Gasteiger partial charge >= 0.3 is 5.97 Å². The first kappa shape index (κ1) is 7.39. The number of aliphatic carboxylic acids is 1. The van der Waals surface area contributed by atoms with Gasteiger partial charge in [-0.3, -0.25) is 16.1 Å². The summed E-state index contributed by atoms with van der Waals surface area (Å²) < 4.78 is 0. The van der Waals surface area contributed by atoms with Crippen molar-refractivity contribution in [2.24, 2.45) is 5.84 Å². The van der Waals surface area contributed by atoms with Crippen LogP contribution in [0.5, 0.6) is 0 Å². The SMILES string of the molecule is C[C@H](CC(=O)O)NN. The Hall–Kier alpha value is -0.610. The Balaban J connectivity index is 3.24. The van der Waals surface area contributed by atoms with E-state index in [9.17, 15) is 4.79 Å². The molecule has 0 aromatic heterocycles. The fourth-order valence-corrected chi connectivity index (χ4v) is 0.321. The quantitative estimate of drug-likeness (QED) is 0.339. The first-order valence-corrected chi connectivity index (χ1v) is 2.34. The van der Waals surface area contributed by atoms with Crippen molar-refractivity contribution in [1.29, 1.82) is 0 Å². The fraction of sp³-hybridized carbons (Fsp3) is 0.750. The topological polar surface area (TPSA) is 75.3 Å². The van der Waals surface area contributed by atoms with Crippen LogP contribution in [0.25, 0.3) is 0 Å². The van der Waals surface area contributed by atoms with Gasteiger partial charge in [0.1, 0.15) is 0 Å². The smallest absolute Gasteiger partial charge is 0.304 e. The number of hydrogen-bond donors (Lipinski definition) is 3. The van der Waals surface area contributed by atoms with Crippen molar-refractivity contribution < 1.29 is 9.90 Å². The molecule has 0 unspecified atom stereocenters. The van der Waals surface area contributed by atoms with Gasteiger partial charge in [-0.15, -0.1) is 0 Å². The summed E-state index contributed by atoms with van der Waals surface area (Å²) in [6.07, 6.45) is 0.0660. The summed E-state index contributed by atoms with van der Waals surface area (Å²) >= 11 is 0.